The molecule has 118 valence electrons. The van der Waals surface area contributed by atoms with E-state index in [0.717, 1.165) is 5.75 Å². The van der Waals surface area contributed by atoms with E-state index in [9.17, 15) is 0 Å². The normalized spacial score (nSPS) is 19.0. The Kier molecular flexibility index (Phi) is 5.65. The number of nitrogens with zero attached hydrogens (tertiary/aromatic N) is 1. The lowest BCUT2D eigenvalue weighted by molar-refractivity contribution is 0.0854. The number of hydrogen-bond acceptors (Lipinski definition) is 3. The molecule has 1 fully saturated rings. The summed E-state index contributed by atoms with van der Waals surface area (Å²) < 4.78 is 5.58. The van der Waals surface area contributed by atoms with E-state index < -0.39 is 0 Å². The number of methoxy groups -OCH3 is 1. The zero-order valence-electron chi connectivity index (χ0n) is 14.0. The maximum Gasteiger partial charge on any atom is 0.123 e. The van der Waals surface area contributed by atoms with Gasteiger partial charge in [0.1, 0.15) is 5.75 Å². The number of likely N-dealkylation sites (N-methyl/N-ethyl adjacent to an activating group) is 1. The Balaban J connectivity index is 2.29. The average molecular weight is 290 g/mol. The lowest BCUT2D eigenvalue weighted by Crippen LogP contribution is -2.52. The van der Waals surface area contributed by atoms with E-state index in [0.29, 0.717) is 0 Å². The Morgan fingerprint density at radius 1 is 1.10 bits per heavy atom. The summed E-state index contributed by atoms with van der Waals surface area (Å²) in [5.74, 6) is 0.972. The van der Waals surface area contributed by atoms with Crippen LogP contribution in [0, 0.1) is 0 Å². The number of rotatable bonds is 5. The Morgan fingerprint density at radius 2 is 1.71 bits per heavy atom. The standard InChI is InChI=1S/C18H30N2O/c1-18(2,20-13-9-5-6-10-14-20)17(19-3)15-11-7-8-12-16(15)21-4/h7-8,11-12,17,19H,5-6,9-10,13-14H2,1-4H3. The van der Waals surface area contributed by atoms with Crippen LogP contribution >= 0.6 is 0 Å². The van der Waals surface area contributed by atoms with Crippen molar-refractivity contribution in [3.8, 4) is 5.75 Å². The fourth-order valence-electron chi connectivity index (χ4n) is 3.62. The molecule has 1 atom stereocenters. The first-order valence-electron chi connectivity index (χ1n) is 8.16. The van der Waals surface area contributed by atoms with Crippen LogP contribution in [0.15, 0.2) is 24.3 Å². The zero-order valence-corrected chi connectivity index (χ0v) is 14.0. The van der Waals surface area contributed by atoms with E-state index in [4.69, 9.17) is 4.74 Å². The second-order valence-electron chi connectivity index (χ2n) is 6.52. The maximum absolute atomic E-state index is 5.58. The molecular formula is C18H30N2O. The minimum Gasteiger partial charge on any atom is -0.496 e. The van der Waals surface area contributed by atoms with Gasteiger partial charge >= 0.3 is 0 Å². The minimum absolute atomic E-state index is 0.0632. The number of ether oxygens (including phenoxy) is 1. The lowest BCUT2D eigenvalue weighted by atomic mass is 9.86. The third kappa shape index (κ3) is 3.58. The Labute approximate surface area is 129 Å². The van der Waals surface area contributed by atoms with Crippen molar-refractivity contribution >= 4 is 0 Å². The van der Waals surface area contributed by atoms with Crippen LogP contribution in [-0.2, 0) is 0 Å². The SMILES string of the molecule is CNC(c1ccccc1OC)C(C)(C)N1CCCCCC1. The highest BCUT2D eigenvalue weighted by Gasteiger charge is 2.36. The molecule has 1 N–H and O–H groups in total. The molecule has 1 aromatic rings. The van der Waals surface area contributed by atoms with Gasteiger partial charge in [0.25, 0.3) is 0 Å². The molecule has 1 unspecified atom stereocenters. The smallest absolute Gasteiger partial charge is 0.123 e. The third-order valence-electron chi connectivity index (χ3n) is 4.87. The molecule has 0 aliphatic carbocycles. The van der Waals surface area contributed by atoms with Crippen molar-refractivity contribution in [2.45, 2.75) is 51.1 Å². The molecule has 1 aromatic carbocycles. The lowest BCUT2D eigenvalue weighted by Gasteiger charge is -2.44. The molecule has 0 saturated carbocycles. The van der Waals surface area contributed by atoms with Crippen molar-refractivity contribution in [3.05, 3.63) is 29.8 Å². The van der Waals surface area contributed by atoms with Crippen molar-refractivity contribution in [2.75, 3.05) is 27.2 Å². The minimum atomic E-state index is 0.0632. The fraction of sp³-hybridized carbons (Fsp3) is 0.667. The zero-order chi connectivity index (χ0) is 15.3. The monoisotopic (exact) mass is 290 g/mol. The van der Waals surface area contributed by atoms with Gasteiger partial charge in [0.05, 0.1) is 13.2 Å². The van der Waals surface area contributed by atoms with Crippen LogP contribution < -0.4 is 10.1 Å². The summed E-state index contributed by atoms with van der Waals surface area (Å²) in [5.41, 5.74) is 1.31. The largest absolute Gasteiger partial charge is 0.496 e. The molecule has 2 rings (SSSR count). The van der Waals surface area contributed by atoms with Crippen LogP contribution in [-0.4, -0.2) is 37.7 Å². The molecule has 0 amide bonds. The summed E-state index contributed by atoms with van der Waals surface area (Å²) in [6.45, 7) is 7.10. The topological polar surface area (TPSA) is 24.5 Å². The maximum atomic E-state index is 5.58. The van der Waals surface area contributed by atoms with Gasteiger partial charge in [-0.1, -0.05) is 31.0 Å². The van der Waals surface area contributed by atoms with Gasteiger partial charge in [0.15, 0.2) is 0 Å². The van der Waals surface area contributed by atoms with Crippen molar-refractivity contribution in [1.82, 2.24) is 10.2 Å². The number of nitrogens with one attached hydrogen (secondary N) is 1. The van der Waals surface area contributed by atoms with Crippen LogP contribution in [0.5, 0.6) is 5.75 Å². The van der Waals surface area contributed by atoms with Gasteiger partial charge in [0, 0.05) is 11.1 Å². The molecule has 1 saturated heterocycles. The van der Waals surface area contributed by atoms with Crippen LogP contribution in [0.2, 0.25) is 0 Å². The summed E-state index contributed by atoms with van der Waals surface area (Å²) in [4.78, 5) is 2.65. The van der Waals surface area contributed by atoms with E-state index in [2.05, 4.69) is 49.3 Å². The fourth-order valence-corrected chi connectivity index (χ4v) is 3.62. The number of likely N-dealkylation sites (tertiary alicyclic amines) is 1. The molecule has 1 heterocycles. The summed E-state index contributed by atoms with van der Waals surface area (Å²) in [6.07, 6.45) is 5.36. The third-order valence-corrected chi connectivity index (χ3v) is 4.87. The second-order valence-corrected chi connectivity index (χ2v) is 6.52. The van der Waals surface area contributed by atoms with Gasteiger partial charge in [-0.3, -0.25) is 4.90 Å². The number of para-hydroxylation sites is 1. The summed E-state index contributed by atoms with van der Waals surface area (Å²) in [5, 5.41) is 3.53. The summed E-state index contributed by atoms with van der Waals surface area (Å²) >= 11 is 0. The first-order chi connectivity index (χ1) is 10.1. The van der Waals surface area contributed by atoms with Crippen LogP contribution in [0.3, 0.4) is 0 Å². The molecule has 1 aliphatic rings. The van der Waals surface area contributed by atoms with E-state index in [-0.39, 0.29) is 11.6 Å². The Morgan fingerprint density at radius 3 is 2.29 bits per heavy atom. The molecule has 21 heavy (non-hydrogen) atoms. The molecule has 0 bridgehead atoms. The Hall–Kier alpha value is -1.06. The predicted octanol–water partition coefficient (Wildman–Crippen LogP) is 3.61. The molecule has 0 aromatic heterocycles. The number of benzene rings is 1. The van der Waals surface area contributed by atoms with Crippen molar-refractivity contribution < 1.29 is 4.74 Å². The first kappa shape index (κ1) is 16.3. The molecule has 3 nitrogen and oxygen atoms in total. The van der Waals surface area contributed by atoms with Crippen LogP contribution in [0.25, 0.3) is 0 Å². The van der Waals surface area contributed by atoms with E-state index >= 15 is 0 Å². The highest BCUT2D eigenvalue weighted by molar-refractivity contribution is 5.37. The predicted molar refractivity (Wildman–Crippen MR) is 88.9 cm³/mol. The average Bonchev–Trinajstić information content (AvgIpc) is 2.78. The quantitative estimate of drug-likeness (QED) is 0.896. The molecule has 1 aliphatic heterocycles. The van der Waals surface area contributed by atoms with Gasteiger partial charge in [-0.25, -0.2) is 0 Å². The van der Waals surface area contributed by atoms with E-state index in [1.807, 2.05) is 6.07 Å². The summed E-state index contributed by atoms with van der Waals surface area (Å²) in [7, 11) is 3.81. The van der Waals surface area contributed by atoms with Crippen molar-refractivity contribution in [2.24, 2.45) is 0 Å². The van der Waals surface area contributed by atoms with Crippen LogP contribution in [0.1, 0.15) is 51.1 Å². The second kappa shape index (κ2) is 7.28. The van der Waals surface area contributed by atoms with Crippen LogP contribution in [0.4, 0.5) is 0 Å². The van der Waals surface area contributed by atoms with Crippen molar-refractivity contribution in [3.63, 3.8) is 0 Å². The van der Waals surface area contributed by atoms with E-state index in [1.54, 1.807) is 7.11 Å². The Bertz CT molecular complexity index is 437. The number of hydrogen-bond donors (Lipinski definition) is 1. The van der Waals surface area contributed by atoms with Gasteiger partial charge in [-0.15, -0.1) is 0 Å². The molecule has 3 heteroatoms. The highest BCUT2D eigenvalue weighted by atomic mass is 16.5. The van der Waals surface area contributed by atoms with Gasteiger partial charge in [0.2, 0.25) is 0 Å². The first-order valence-corrected chi connectivity index (χ1v) is 8.16. The van der Waals surface area contributed by atoms with E-state index in [1.165, 1.54) is 44.3 Å². The molecule has 0 spiro atoms. The van der Waals surface area contributed by atoms with Gasteiger partial charge < -0.3 is 10.1 Å². The van der Waals surface area contributed by atoms with Gasteiger partial charge in [-0.05, 0) is 52.9 Å². The molecular weight excluding hydrogens is 260 g/mol. The van der Waals surface area contributed by atoms with Crippen molar-refractivity contribution in [1.29, 1.82) is 0 Å². The van der Waals surface area contributed by atoms with Gasteiger partial charge in [-0.2, -0.15) is 0 Å². The molecule has 0 radical (unpaired) electrons. The summed E-state index contributed by atoms with van der Waals surface area (Å²) in [6, 6.07) is 8.62. The highest BCUT2D eigenvalue weighted by Crippen LogP contribution is 2.36.